The van der Waals surface area contributed by atoms with Gasteiger partial charge in [-0.3, -0.25) is 0 Å². The van der Waals surface area contributed by atoms with Crippen LogP contribution in [0.25, 0.3) is 0 Å². The van der Waals surface area contributed by atoms with Crippen LogP contribution in [0.15, 0.2) is 0 Å². The van der Waals surface area contributed by atoms with Crippen LogP contribution in [0.4, 0.5) is 0 Å². The summed E-state index contributed by atoms with van der Waals surface area (Å²) >= 11 is 0. The van der Waals surface area contributed by atoms with Crippen molar-refractivity contribution in [2.75, 3.05) is 33.4 Å². The van der Waals surface area contributed by atoms with Gasteiger partial charge < -0.3 is 15.4 Å². The molecule has 1 rings (SSSR count). The Morgan fingerprint density at radius 2 is 1.93 bits per heavy atom. The molecule has 0 bridgehead atoms. The summed E-state index contributed by atoms with van der Waals surface area (Å²) in [4.78, 5) is 2.45. The van der Waals surface area contributed by atoms with Crippen LogP contribution >= 0.6 is 0 Å². The number of hydrogen-bond donors (Lipinski definition) is 1. The van der Waals surface area contributed by atoms with Crippen LogP contribution in [0.5, 0.6) is 0 Å². The second-order valence-corrected chi connectivity index (χ2v) is 4.55. The van der Waals surface area contributed by atoms with E-state index in [0.717, 1.165) is 19.8 Å². The van der Waals surface area contributed by atoms with Crippen molar-refractivity contribution in [2.45, 2.75) is 44.6 Å². The summed E-state index contributed by atoms with van der Waals surface area (Å²) in [5.41, 5.74) is 5.45. The van der Waals surface area contributed by atoms with Crippen molar-refractivity contribution in [1.82, 2.24) is 4.90 Å². The van der Waals surface area contributed by atoms with Crippen molar-refractivity contribution in [1.29, 1.82) is 0 Å². The second-order valence-electron chi connectivity index (χ2n) is 4.55. The van der Waals surface area contributed by atoms with Gasteiger partial charge in [-0.15, -0.1) is 0 Å². The van der Waals surface area contributed by atoms with Crippen LogP contribution in [0.1, 0.15) is 38.5 Å². The van der Waals surface area contributed by atoms with Crippen molar-refractivity contribution < 1.29 is 4.74 Å². The Morgan fingerprint density at radius 1 is 1.20 bits per heavy atom. The molecule has 0 spiro atoms. The molecule has 0 radical (unpaired) electrons. The van der Waals surface area contributed by atoms with Gasteiger partial charge in [-0.05, 0) is 39.4 Å². The SMILES string of the molecule is CN(CCCCCCCN)C1CCOC1. The minimum absolute atomic E-state index is 0.675. The maximum Gasteiger partial charge on any atom is 0.0622 e. The molecule has 0 aromatic rings. The molecule has 1 unspecified atom stereocenters. The Bertz CT molecular complexity index is 147. The summed E-state index contributed by atoms with van der Waals surface area (Å²) in [5, 5.41) is 0. The summed E-state index contributed by atoms with van der Waals surface area (Å²) in [6.45, 7) is 3.95. The number of ether oxygens (including phenoxy) is 1. The predicted octanol–water partition coefficient (Wildman–Crippen LogP) is 1.62. The fourth-order valence-electron chi connectivity index (χ4n) is 2.09. The number of unbranched alkanes of at least 4 members (excludes halogenated alkanes) is 4. The van der Waals surface area contributed by atoms with Crippen molar-refractivity contribution in [3.8, 4) is 0 Å². The molecule has 1 aliphatic heterocycles. The molecule has 0 aromatic heterocycles. The van der Waals surface area contributed by atoms with E-state index < -0.39 is 0 Å². The molecule has 90 valence electrons. The molecule has 1 atom stereocenters. The summed E-state index contributed by atoms with van der Waals surface area (Å²) in [6, 6.07) is 0.675. The number of likely N-dealkylation sites (N-methyl/N-ethyl adjacent to an activating group) is 1. The van der Waals surface area contributed by atoms with Gasteiger partial charge in [-0.1, -0.05) is 19.3 Å². The monoisotopic (exact) mass is 214 g/mol. The summed E-state index contributed by atoms with van der Waals surface area (Å²) < 4.78 is 5.38. The molecule has 0 aromatic carbocycles. The lowest BCUT2D eigenvalue weighted by molar-refractivity contribution is 0.158. The highest BCUT2D eigenvalue weighted by molar-refractivity contribution is 4.72. The topological polar surface area (TPSA) is 38.5 Å². The van der Waals surface area contributed by atoms with E-state index in [2.05, 4.69) is 11.9 Å². The van der Waals surface area contributed by atoms with Crippen LogP contribution < -0.4 is 5.73 Å². The van der Waals surface area contributed by atoms with Gasteiger partial charge in [-0.2, -0.15) is 0 Å². The third kappa shape index (κ3) is 5.50. The Hall–Kier alpha value is -0.120. The first-order valence-electron chi connectivity index (χ1n) is 6.32. The highest BCUT2D eigenvalue weighted by Gasteiger charge is 2.19. The van der Waals surface area contributed by atoms with Crippen molar-refractivity contribution in [3.05, 3.63) is 0 Å². The van der Waals surface area contributed by atoms with Crippen molar-refractivity contribution in [3.63, 3.8) is 0 Å². The Balaban J connectivity index is 1.90. The van der Waals surface area contributed by atoms with E-state index in [-0.39, 0.29) is 0 Å². The normalized spacial score (nSPS) is 21.4. The lowest BCUT2D eigenvalue weighted by Crippen LogP contribution is -2.32. The van der Waals surface area contributed by atoms with Crippen LogP contribution in [-0.4, -0.2) is 44.3 Å². The average molecular weight is 214 g/mol. The molecule has 0 amide bonds. The molecule has 3 heteroatoms. The Morgan fingerprint density at radius 3 is 2.60 bits per heavy atom. The number of rotatable bonds is 8. The minimum Gasteiger partial charge on any atom is -0.380 e. The second kappa shape index (κ2) is 8.08. The number of nitrogens with zero attached hydrogens (tertiary/aromatic N) is 1. The standard InChI is InChI=1S/C12H26N2O/c1-14(12-7-10-15-11-12)9-6-4-2-3-5-8-13/h12H,2-11,13H2,1H3. The molecule has 1 saturated heterocycles. The predicted molar refractivity (Wildman–Crippen MR) is 64.0 cm³/mol. The zero-order valence-corrected chi connectivity index (χ0v) is 10.1. The smallest absolute Gasteiger partial charge is 0.0622 e. The number of nitrogens with two attached hydrogens (primary N) is 1. The summed E-state index contributed by atoms with van der Waals surface area (Å²) in [5.74, 6) is 0. The van der Waals surface area contributed by atoms with Gasteiger partial charge >= 0.3 is 0 Å². The van der Waals surface area contributed by atoms with E-state index in [0.29, 0.717) is 6.04 Å². The number of hydrogen-bond acceptors (Lipinski definition) is 3. The lowest BCUT2D eigenvalue weighted by atomic mass is 10.1. The van der Waals surface area contributed by atoms with Gasteiger partial charge in [0.1, 0.15) is 0 Å². The van der Waals surface area contributed by atoms with Gasteiger partial charge in [0.2, 0.25) is 0 Å². The molecule has 1 aliphatic rings. The van der Waals surface area contributed by atoms with E-state index in [1.807, 2.05) is 0 Å². The third-order valence-corrected chi connectivity index (χ3v) is 3.24. The Kier molecular flexibility index (Phi) is 6.98. The highest BCUT2D eigenvalue weighted by atomic mass is 16.5. The van der Waals surface area contributed by atoms with E-state index in [1.165, 1.54) is 45.1 Å². The first kappa shape index (κ1) is 12.9. The average Bonchev–Trinajstić information content (AvgIpc) is 2.76. The van der Waals surface area contributed by atoms with Crippen LogP contribution in [0.3, 0.4) is 0 Å². The largest absolute Gasteiger partial charge is 0.380 e. The zero-order chi connectivity index (χ0) is 10.9. The van der Waals surface area contributed by atoms with E-state index in [1.54, 1.807) is 0 Å². The molecule has 1 heterocycles. The van der Waals surface area contributed by atoms with Crippen molar-refractivity contribution in [2.24, 2.45) is 5.73 Å². The molecule has 15 heavy (non-hydrogen) atoms. The fraction of sp³-hybridized carbons (Fsp3) is 1.00. The molecular weight excluding hydrogens is 188 g/mol. The summed E-state index contributed by atoms with van der Waals surface area (Å²) in [6.07, 6.45) is 7.70. The maximum absolute atomic E-state index is 5.45. The van der Waals surface area contributed by atoms with Crippen LogP contribution in [0, 0.1) is 0 Å². The van der Waals surface area contributed by atoms with Gasteiger partial charge in [0.15, 0.2) is 0 Å². The van der Waals surface area contributed by atoms with E-state index >= 15 is 0 Å². The zero-order valence-electron chi connectivity index (χ0n) is 10.1. The highest BCUT2D eigenvalue weighted by Crippen LogP contribution is 2.12. The molecule has 0 aliphatic carbocycles. The quantitative estimate of drug-likeness (QED) is 0.624. The molecular formula is C12H26N2O. The molecule has 3 nitrogen and oxygen atoms in total. The van der Waals surface area contributed by atoms with E-state index in [4.69, 9.17) is 10.5 Å². The van der Waals surface area contributed by atoms with Gasteiger partial charge in [-0.25, -0.2) is 0 Å². The fourth-order valence-corrected chi connectivity index (χ4v) is 2.09. The molecule has 1 fully saturated rings. The minimum atomic E-state index is 0.675. The maximum atomic E-state index is 5.45. The molecule has 0 saturated carbocycles. The lowest BCUT2D eigenvalue weighted by Gasteiger charge is -2.22. The Labute approximate surface area is 94.0 Å². The van der Waals surface area contributed by atoms with Crippen molar-refractivity contribution >= 4 is 0 Å². The summed E-state index contributed by atoms with van der Waals surface area (Å²) in [7, 11) is 2.22. The first-order valence-corrected chi connectivity index (χ1v) is 6.32. The third-order valence-electron chi connectivity index (χ3n) is 3.24. The van der Waals surface area contributed by atoms with E-state index in [9.17, 15) is 0 Å². The first-order chi connectivity index (χ1) is 7.34. The van der Waals surface area contributed by atoms with Gasteiger partial charge in [0.05, 0.1) is 6.61 Å². The molecule has 2 N–H and O–H groups in total. The van der Waals surface area contributed by atoms with Crippen LogP contribution in [0.2, 0.25) is 0 Å². The van der Waals surface area contributed by atoms with Gasteiger partial charge in [0, 0.05) is 12.6 Å². The van der Waals surface area contributed by atoms with Crippen LogP contribution in [-0.2, 0) is 4.74 Å². The van der Waals surface area contributed by atoms with Gasteiger partial charge in [0.25, 0.3) is 0 Å².